The highest BCUT2D eigenvalue weighted by Gasteiger charge is 2.34. The lowest BCUT2D eigenvalue weighted by atomic mass is 9.94. The minimum absolute atomic E-state index is 0.0170. The first-order valence-electron chi connectivity index (χ1n) is 8.84. The van der Waals surface area contributed by atoms with Gasteiger partial charge in [0.25, 0.3) is 0 Å². The molecule has 1 aromatic heterocycles. The number of rotatable bonds is 8. The summed E-state index contributed by atoms with van der Waals surface area (Å²) in [7, 11) is -2.67. The van der Waals surface area contributed by atoms with Gasteiger partial charge in [-0.15, -0.1) is 6.58 Å². The van der Waals surface area contributed by atoms with Crippen molar-refractivity contribution in [2.24, 2.45) is 0 Å². The van der Waals surface area contributed by atoms with Gasteiger partial charge in [0.2, 0.25) is 0 Å². The molecule has 0 spiro atoms. The molecular formula is C22H19FO6S. The first kappa shape index (κ1) is 21.3. The molecule has 0 fully saturated rings. The number of sulfone groups is 1. The summed E-state index contributed by atoms with van der Waals surface area (Å²) in [6, 6.07) is 9.66. The lowest BCUT2D eigenvalue weighted by Gasteiger charge is -2.22. The van der Waals surface area contributed by atoms with Gasteiger partial charge >= 0.3 is 5.97 Å². The van der Waals surface area contributed by atoms with Gasteiger partial charge in [0.15, 0.2) is 9.84 Å². The average molecular weight is 430 g/mol. The summed E-state index contributed by atoms with van der Waals surface area (Å²) in [5.74, 6) is -2.44. The Morgan fingerprint density at radius 2 is 2.07 bits per heavy atom. The van der Waals surface area contributed by atoms with E-state index in [1.807, 2.05) is 0 Å². The van der Waals surface area contributed by atoms with E-state index in [4.69, 9.17) is 9.15 Å². The van der Waals surface area contributed by atoms with Crippen LogP contribution in [-0.2, 0) is 9.84 Å². The van der Waals surface area contributed by atoms with E-state index in [0.717, 1.165) is 6.07 Å². The second-order valence-corrected chi connectivity index (χ2v) is 8.61. The molecule has 0 amide bonds. The predicted octanol–water partition coefficient (Wildman–Crippen LogP) is 4.48. The first-order chi connectivity index (χ1) is 14.3. The number of carbonyl (C=O) groups is 1. The van der Waals surface area contributed by atoms with Gasteiger partial charge in [0.05, 0.1) is 25.4 Å². The van der Waals surface area contributed by atoms with Gasteiger partial charge < -0.3 is 14.3 Å². The van der Waals surface area contributed by atoms with Crippen LogP contribution in [0, 0.1) is 5.82 Å². The predicted molar refractivity (Wildman–Crippen MR) is 110 cm³/mol. The van der Waals surface area contributed by atoms with E-state index in [9.17, 15) is 22.7 Å². The molecule has 8 heteroatoms. The van der Waals surface area contributed by atoms with Gasteiger partial charge in [0, 0.05) is 11.1 Å². The topological polar surface area (TPSA) is 93.8 Å². The van der Waals surface area contributed by atoms with Crippen LogP contribution in [0.5, 0.6) is 5.75 Å². The van der Waals surface area contributed by atoms with Gasteiger partial charge in [0.1, 0.15) is 22.4 Å². The molecular weight excluding hydrogens is 411 g/mol. The second kappa shape index (κ2) is 8.54. The summed E-state index contributed by atoms with van der Waals surface area (Å²) in [5, 5.41) is 8.53. The number of halogens is 1. The maximum Gasteiger partial charge on any atom is 0.339 e. The van der Waals surface area contributed by atoms with Crippen LogP contribution < -0.4 is 4.74 Å². The lowest BCUT2D eigenvalue weighted by molar-refractivity contribution is 0.0692. The number of hydrogen-bond acceptors (Lipinski definition) is 5. The van der Waals surface area contributed by atoms with Crippen LogP contribution in [0.4, 0.5) is 4.39 Å². The number of methoxy groups -OCH3 is 1. The first-order valence-corrected chi connectivity index (χ1v) is 10.6. The van der Waals surface area contributed by atoms with E-state index in [1.54, 1.807) is 12.1 Å². The highest BCUT2D eigenvalue weighted by atomic mass is 32.2. The molecule has 0 radical (unpaired) electrons. The van der Waals surface area contributed by atoms with E-state index < -0.39 is 32.6 Å². The van der Waals surface area contributed by atoms with Crippen molar-refractivity contribution < 1.29 is 31.9 Å². The van der Waals surface area contributed by atoms with Crippen molar-refractivity contribution in [2.75, 3.05) is 12.9 Å². The molecule has 0 aliphatic rings. The number of hydrogen-bond donors (Lipinski definition) is 1. The molecule has 0 aliphatic heterocycles. The standard InChI is InChI=1S/C22H19FO6S/c1-3-11-30(26,27)21(14-5-4-6-16(23)12-14)18-8-7-17(15-9-10-29-13-15)20(28-2)19(18)22(24)25/h3-10,12-13,21H,1,11H2,2H3,(H,24,25). The molecule has 3 aromatic rings. The normalized spacial score (nSPS) is 12.3. The van der Waals surface area contributed by atoms with E-state index in [0.29, 0.717) is 11.1 Å². The highest BCUT2D eigenvalue weighted by Crippen LogP contribution is 2.41. The van der Waals surface area contributed by atoms with Gasteiger partial charge in [-0.25, -0.2) is 17.6 Å². The monoisotopic (exact) mass is 430 g/mol. The molecule has 1 atom stereocenters. The Labute approximate surface area is 173 Å². The summed E-state index contributed by atoms with van der Waals surface area (Å²) in [6.45, 7) is 3.47. The third-order valence-corrected chi connectivity index (χ3v) is 6.53. The van der Waals surface area contributed by atoms with E-state index in [2.05, 4.69) is 6.58 Å². The van der Waals surface area contributed by atoms with Crippen LogP contribution in [0.3, 0.4) is 0 Å². The van der Waals surface area contributed by atoms with E-state index in [1.165, 1.54) is 50.0 Å². The minimum atomic E-state index is -3.97. The molecule has 3 rings (SSSR count). The molecule has 0 saturated heterocycles. The molecule has 30 heavy (non-hydrogen) atoms. The maximum absolute atomic E-state index is 13.9. The molecule has 0 bridgehead atoms. The summed E-state index contributed by atoms with van der Waals surface area (Å²) in [5.41, 5.74) is 0.748. The summed E-state index contributed by atoms with van der Waals surface area (Å²) >= 11 is 0. The fourth-order valence-corrected chi connectivity index (χ4v) is 5.07. The van der Waals surface area contributed by atoms with Crippen molar-refractivity contribution >= 4 is 15.8 Å². The number of furan rings is 1. The summed E-state index contributed by atoms with van der Waals surface area (Å²) in [6.07, 6.45) is 4.05. The highest BCUT2D eigenvalue weighted by molar-refractivity contribution is 7.92. The summed E-state index contributed by atoms with van der Waals surface area (Å²) < 4.78 is 50.5. The zero-order valence-electron chi connectivity index (χ0n) is 16.0. The Balaban J connectivity index is 2.36. The van der Waals surface area contributed by atoms with E-state index in [-0.39, 0.29) is 22.4 Å². The zero-order chi connectivity index (χ0) is 21.9. The van der Waals surface area contributed by atoms with Gasteiger partial charge in [-0.2, -0.15) is 0 Å². The van der Waals surface area contributed by atoms with E-state index >= 15 is 0 Å². The van der Waals surface area contributed by atoms with Crippen LogP contribution in [0.2, 0.25) is 0 Å². The van der Waals surface area contributed by atoms with Crippen LogP contribution >= 0.6 is 0 Å². The second-order valence-electron chi connectivity index (χ2n) is 6.48. The molecule has 0 aliphatic carbocycles. The molecule has 0 saturated carbocycles. The number of carboxylic acid groups (broad SMARTS) is 1. The van der Waals surface area contributed by atoms with Gasteiger partial charge in [-0.3, -0.25) is 0 Å². The Kier molecular flexibility index (Phi) is 6.07. The number of benzene rings is 2. The Morgan fingerprint density at radius 1 is 1.30 bits per heavy atom. The van der Waals surface area contributed by atoms with Crippen molar-refractivity contribution in [1.82, 2.24) is 0 Å². The SMILES string of the molecule is C=CCS(=O)(=O)C(c1cccc(F)c1)c1ccc(-c2ccoc2)c(OC)c1C(=O)O. The number of carboxylic acids is 1. The van der Waals surface area contributed by atoms with Crippen molar-refractivity contribution in [1.29, 1.82) is 0 Å². The molecule has 156 valence electrons. The van der Waals surface area contributed by atoms with Crippen LogP contribution in [0.15, 0.2) is 72.1 Å². The van der Waals surface area contributed by atoms with Crippen LogP contribution in [-0.4, -0.2) is 32.4 Å². The van der Waals surface area contributed by atoms with Crippen molar-refractivity contribution in [3.63, 3.8) is 0 Å². The quantitative estimate of drug-likeness (QED) is 0.530. The van der Waals surface area contributed by atoms with Crippen molar-refractivity contribution in [2.45, 2.75) is 5.25 Å². The molecule has 1 N–H and O–H groups in total. The number of ether oxygens (including phenoxy) is 1. The molecule has 6 nitrogen and oxygen atoms in total. The average Bonchev–Trinajstić information content (AvgIpc) is 3.21. The van der Waals surface area contributed by atoms with Crippen molar-refractivity contribution in [3.05, 3.63) is 90.2 Å². The fourth-order valence-electron chi connectivity index (χ4n) is 3.40. The van der Waals surface area contributed by atoms with Gasteiger partial charge in [-0.1, -0.05) is 30.3 Å². The Hall–Kier alpha value is -3.39. The maximum atomic E-state index is 13.9. The zero-order valence-corrected chi connectivity index (χ0v) is 16.9. The van der Waals surface area contributed by atoms with Crippen LogP contribution in [0.1, 0.15) is 26.7 Å². The summed E-state index contributed by atoms with van der Waals surface area (Å²) in [4.78, 5) is 12.2. The minimum Gasteiger partial charge on any atom is -0.495 e. The Morgan fingerprint density at radius 3 is 2.63 bits per heavy atom. The smallest absolute Gasteiger partial charge is 0.339 e. The molecule has 2 aromatic carbocycles. The van der Waals surface area contributed by atoms with Crippen molar-refractivity contribution in [3.8, 4) is 16.9 Å². The fraction of sp³-hybridized carbons (Fsp3) is 0.136. The van der Waals surface area contributed by atoms with Gasteiger partial charge in [-0.05, 0) is 29.3 Å². The lowest BCUT2D eigenvalue weighted by Crippen LogP contribution is -2.21. The largest absolute Gasteiger partial charge is 0.495 e. The molecule has 1 heterocycles. The molecule has 1 unspecified atom stereocenters. The Bertz CT molecular complexity index is 1180. The third-order valence-electron chi connectivity index (χ3n) is 4.58. The number of aromatic carboxylic acids is 1. The third kappa shape index (κ3) is 3.99. The van der Waals surface area contributed by atoms with Crippen LogP contribution in [0.25, 0.3) is 11.1 Å².